The van der Waals surface area contributed by atoms with Gasteiger partial charge in [0.2, 0.25) is 5.91 Å². The second-order valence-corrected chi connectivity index (χ2v) is 8.35. The van der Waals surface area contributed by atoms with Gasteiger partial charge in [0.25, 0.3) is 0 Å². The Morgan fingerprint density at radius 3 is 2.56 bits per heavy atom. The van der Waals surface area contributed by atoms with Crippen LogP contribution in [0.5, 0.6) is 0 Å². The highest BCUT2D eigenvalue weighted by Crippen LogP contribution is 2.21. The lowest BCUT2D eigenvalue weighted by molar-refractivity contribution is -0.124. The van der Waals surface area contributed by atoms with E-state index in [9.17, 15) is 9.59 Å². The van der Waals surface area contributed by atoms with Crippen molar-refractivity contribution >= 4 is 28.4 Å². The monoisotopic (exact) mass is 367 g/mol. The van der Waals surface area contributed by atoms with Crippen molar-refractivity contribution in [3.05, 3.63) is 11.1 Å². The van der Waals surface area contributed by atoms with Gasteiger partial charge in [-0.05, 0) is 41.0 Å². The van der Waals surface area contributed by atoms with Crippen molar-refractivity contribution < 1.29 is 9.59 Å². The van der Waals surface area contributed by atoms with E-state index in [-0.39, 0.29) is 17.5 Å². The molecule has 1 unspecified atom stereocenters. The molecule has 0 spiro atoms. The van der Waals surface area contributed by atoms with Gasteiger partial charge in [0.1, 0.15) is 0 Å². The number of nitrogens with one attached hydrogen (secondary N) is 2. The maximum absolute atomic E-state index is 12.4. The Kier molecular flexibility index (Phi) is 6.40. The third-order valence-corrected chi connectivity index (χ3v) is 5.08. The molecule has 2 N–H and O–H groups in total. The van der Waals surface area contributed by atoms with Crippen LogP contribution < -0.4 is 15.5 Å². The molecule has 1 saturated heterocycles. The van der Waals surface area contributed by atoms with E-state index in [0.717, 1.165) is 43.4 Å². The number of rotatable bonds is 3. The maximum Gasteiger partial charge on any atom is 0.321 e. The molecule has 2 rings (SSSR count). The van der Waals surface area contributed by atoms with Gasteiger partial charge in [-0.2, -0.15) is 0 Å². The Morgan fingerprint density at radius 1 is 1.24 bits per heavy atom. The number of aromatic nitrogens is 1. The predicted molar refractivity (Wildman–Crippen MR) is 101 cm³/mol. The summed E-state index contributed by atoms with van der Waals surface area (Å²) < 4.78 is 0. The van der Waals surface area contributed by atoms with Crippen LogP contribution in [0.15, 0.2) is 5.38 Å². The fourth-order valence-electron chi connectivity index (χ4n) is 2.76. The molecule has 0 radical (unpaired) electrons. The Bertz CT molecular complexity index is 610. The maximum atomic E-state index is 12.4. The number of carbonyl (C=O) groups excluding carboxylic acids is 2. The molecule has 0 bridgehead atoms. The second-order valence-electron chi connectivity index (χ2n) is 7.52. The summed E-state index contributed by atoms with van der Waals surface area (Å²) in [4.78, 5) is 33.2. The summed E-state index contributed by atoms with van der Waals surface area (Å²) in [7, 11) is 0. The zero-order valence-electron chi connectivity index (χ0n) is 15.8. The van der Waals surface area contributed by atoms with Gasteiger partial charge < -0.3 is 10.2 Å². The van der Waals surface area contributed by atoms with Gasteiger partial charge in [-0.25, -0.2) is 9.78 Å². The SMILES string of the molecule is Cc1csc(N2CCCN(C(C)C(=O)NC(=O)NC(C)(C)C)CC2)n1. The first-order chi connectivity index (χ1) is 11.7. The van der Waals surface area contributed by atoms with E-state index in [0.29, 0.717) is 0 Å². The largest absolute Gasteiger partial charge is 0.347 e. The van der Waals surface area contributed by atoms with Gasteiger partial charge >= 0.3 is 6.03 Å². The first kappa shape index (κ1) is 19.7. The fraction of sp³-hybridized carbons (Fsp3) is 0.706. The highest BCUT2D eigenvalue weighted by Gasteiger charge is 2.26. The van der Waals surface area contributed by atoms with Crippen LogP contribution in [0, 0.1) is 6.92 Å². The standard InChI is InChI=1S/C17H29N5O2S/c1-12-11-25-16(18-12)22-8-6-7-21(9-10-22)13(2)14(23)19-15(24)20-17(3,4)5/h11,13H,6-10H2,1-5H3,(H2,19,20,23,24). The number of hydrogen-bond donors (Lipinski definition) is 2. The van der Waals surface area contributed by atoms with E-state index in [2.05, 4.69) is 30.8 Å². The number of amides is 3. The smallest absolute Gasteiger partial charge is 0.321 e. The number of urea groups is 1. The van der Waals surface area contributed by atoms with Crippen molar-refractivity contribution in [2.75, 3.05) is 31.1 Å². The number of thiazole rings is 1. The Hall–Kier alpha value is -1.67. The second kappa shape index (κ2) is 8.14. The normalized spacial score (nSPS) is 17.7. The molecule has 1 aliphatic rings. The van der Waals surface area contributed by atoms with Gasteiger partial charge in [0.15, 0.2) is 5.13 Å². The highest BCUT2D eigenvalue weighted by molar-refractivity contribution is 7.13. The molecule has 8 heteroatoms. The number of anilines is 1. The third kappa shape index (κ3) is 5.97. The van der Waals surface area contributed by atoms with Crippen LogP contribution in [0.4, 0.5) is 9.93 Å². The topological polar surface area (TPSA) is 77.6 Å². The van der Waals surface area contributed by atoms with E-state index in [1.54, 1.807) is 11.3 Å². The van der Waals surface area contributed by atoms with Crippen LogP contribution in [-0.2, 0) is 4.79 Å². The van der Waals surface area contributed by atoms with Crippen LogP contribution in [0.1, 0.15) is 39.8 Å². The van der Waals surface area contributed by atoms with Crippen LogP contribution in [-0.4, -0.2) is 59.6 Å². The average molecular weight is 368 g/mol. The number of carbonyl (C=O) groups is 2. The summed E-state index contributed by atoms with van der Waals surface area (Å²) >= 11 is 1.66. The molecule has 1 atom stereocenters. The van der Waals surface area contributed by atoms with Crippen molar-refractivity contribution in [3.8, 4) is 0 Å². The average Bonchev–Trinajstić information content (AvgIpc) is 2.78. The first-order valence-corrected chi connectivity index (χ1v) is 9.58. The first-order valence-electron chi connectivity index (χ1n) is 8.70. The Labute approximate surface area is 153 Å². The number of nitrogens with zero attached hydrogens (tertiary/aromatic N) is 3. The van der Waals surface area contributed by atoms with Crippen molar-refractivity contribution in [2.24, 2.45) is 0 Å². The molecule has 0 aromatic carbocycles. The molecule has 1 aliphatic heterocycles. The minimum Gasteiger partial charge on any atom is -0.347 e. The van der Waals surface area contributed by atoms with E-state index < -0.39 is 6.03 Å². The van der Waals surface area contributed by atoms with Gasteiger partial charge in [0, 0.05) is 37.1 Å². The van der Waals surface area contributed by atoms with Crippen LogP contribution in [0.2, 0.25) is 0 Å². The third-order valence-electron chi connectivity index (χ3n) is 4.06. The lowest BCUT2D eigenvalue weighted by atomic mass is 10.1. The molecule has 0 aliphatic carbocycles. The molecule has 1 fully saturated rings. The lowest BCUT2D eigenvalue weighted by Gasteiger charge is -2.27. The number of hydrogen-bond acceptors (Lipinski definition) is 6. The van der Waals surface area contributed by atoms with E-state index in [4.69, 9.17) is 0 Å². The van der Waals surface area contributed by atoms with E-state index in [1.165, 1.54) is 0 Å². The highest BCUT2D eigenvalue weighted by atomic mass is 32.1. The van der Waals surface area contributed by atoms with Crippen molar-refractivity contribution in [1.29, 1.82) is 0 Å². The molecule has 2 heterocycles. The van der Waals surface area contributed by atoms with Crippen molar-refractivity contribution in [2.45, 2.75) is 52.6 Å². The van der Waals surface area contributed by atoms with Gasteiger partial charge in [-0.3, -0.25) is 15.0 Å². The quantitative estimate of drug-likeness (QED) is 0.854. The molecule has 3 amide bonds. The molecular weight excluding hydrogens is 338 g/mol. The van der Waals surface area contributed by atoms with Crippen molar-refractivity contribution in [3.63, 3.8) is 0 Å². The van der Waals surface area contributed by atoms with E-state index >= 15 is 0 Å². The van der Waals surface area contributed by atoms with Crippen molar-refractivity contribution in [1.82, 2.24) is 20.5 Å². The minimum absolute atomic E-state index is 0.264. The molecular formula is C17H29N5O2S. The van der Waals surface area contributed by atoms with Gasteiger partial charge in [-0.15, -0.1) is 11.3 Å². The molecule has 140 valence electrons. The zero-order chi connectivity index (χ0) is 18.6. The summed E-state index contributed by atoms with van der Waals surface area (Å²) in [5, 5.41) is 8.29. The van der Waals surface area contributed by atoms with E-state index in [1.807, 2.05) is 34.6 Å². The number of aryl methyl sites for hydroxylation is 1. The summed E-state index contributed by atoms with van der Waals surface area (Å²) in [5.41, 5.74) is 0.668. The summed E-state index contributed by atoms with van der Waals surface area (Å²) in [6, 6.07) is -0.789. The lowest BCUT2D eigenvalue weighted by Crippen LogP contribution is -2.53. The van der Waals surface area contributed by atoms with Crippen LogP contribution in [0.3, 0.4) is 0 Å². The molecule has 0 saturated carbocycles. The summed E-state index contributed by atoms with van der Waals surface area (Å²) in [6.07, 6.45) is 0.963. The molecule has 1 aromatic rings. The Morgan fingerprint density at radius 2 is 1.96 bits per heavy atom. The summed E-state index contributed by atoms with van der Waals surface area (Å²) in [6.45, 7) is 12.9. The Balaban J connectivity index is 1.88. The molecule has 1 aromatic heterocycles. The van der Waals surface area contributed by atoms with Gasteiger partial charge in [0.05, 0.1) is 11.7 Å². The number of imide groups is 1. The molecule has 25 heavy (non-hydrogen) atoms. The summed E-state index contributed by atoms with van der Waals surface area (Å²) in [5.74, 6) is -0.264. The van der Waals surface area contributed by atoms with Crippen LogP contribution >= 0.6 is 11.3 Å². The predicted octanol–water partition coefficient (Wildman–Crippen LogP) is 1.98. The zero-order valence-corrected chi connectivity index (χ0v) is 16.6. The van der Waals surface area contributed by atoms with Gasteiger partial charge in [-0.1, -0.05) is 0 Å². The van der Waals surface area contributed by atoms with Crippen LogP contribution in [0.25, 0.3) is 0 Å². The molecule has 7 nitrogen and oxygen atoms in total. The minimum atomic E-state index is -0.445. The fourth-order valence-corrected chi connectivity index (χ4v) is 3.61.